The van der Waals surface area contributed by atoms with Crippen LogP contribution in [0.15, 0.2) is 88.7 Å². The highest BCUT2D eigenvalue weighted by atomic mass is 32.2. The fraction of sp³-hybridized carbons (Fsp3) is 0.0952. The highest BCUT2D eigenvalue weighted by Gasteiger charge is 2.23. The van der Waals surface area contributed by atoms with Gasteiger partial charge in [0, 0.05) is 10.6 Å². The lowest BCUT2D eigenvalue weighted by molar-refractivity contribution is -0.115. The topological polar surface area (TPSA) is 98.5 Å². The van der Waals surface area contributed by atoms with E-state index in [1.54, 1.807) is 6.07 Å². The van der Waals surface area contributed by atoms with Gasteiger partial charge in [0.2, 0.25) is 15.9 Å². The molecule has 1 unspecified atom stereocenters. The number of ether oxygens (including phenoxy) is 1. The monoisotopic (exact) mass is 428 g/mol. The molecule has 0 bridgehead atoms. The molecule has 0 aliphatic rings. The van der Waals surface area contributed by atoms with Crippen LogP contribution in [0, 0.1) is 0 Å². The van der Waals surface area contributed by atoms with Gasteiger partial charge in [-0.1, -0.05) is 48.5 Å². The van der Waals surface area contributed by atoms with Gasteiger partial charge in [-0.25, -0.2) is 13.6 Å². The zero-order chi connectivity index (χ0) is 20.9. The molecule has 0 aliphatic heterocycles. The number of carbonyl (C=O) groups excluding carboxylic acids is 1. The van der Waals surface area contributed by atoms with Crippen LogP contribution in [-0.4, -0.2) is 21.4 Å². The Bertz CT molecular complexity index is 1090. The lowest BCUT2D eigenvalue weighted by Crippen LogP contribution is -2.20. The lowest BCUT2D eigenvalue weighted by atomic mass is 10.1. The third-order valence-corrected chi connectivity index (χ3v) is 6.27. The molecular weight excluding hydrogens is 408 g/mol. The molecule has 3 rings (SSSR count). The summed E-state index contributed by atoms with van der Waals surface area (Å²) in [4.78, 5) is 13.8. The van der Waals surface area contributed by atoms with E-state index >= 15 is 0 Å². The van der Waals surface area contributed by atoms with Crippen LogP contribution in [-0.2, 0) is 14.8 Å². The van der Waals surface area contributed by atoms with E-state index in [1.807, 2.05) is 60.7 Å². The molecule has 3 aromatic carbocycles. The number of primary sulfonamides is 1. The molecule has 150 valence electrons. The molecule has 0 saturated heterocycles. The van der Waals surface area contributed by atoms with Crippen molar-refractivity contribution in [3.63, 3.8) is 0 Å². The Morgan fingerprint density at radius 1 is 1.00 bits per heavy atom. The first-order chi connectivity index (χ1) is 13.9. The van der Waals surface area contributed by atoms with E-state index in [0.29, 0.717) is 5.69 Å². The van der Waals surface area contributed by atoms with Crippen molar-refractivity contribution in [2.24, 2.45) is 5.14 Å². The molecule has 0 aromatic heterocycles. The van der Waals surface area contributed by atoms with Crippen molar-refractivity contribution in [1.29, 1.82) is 0 Å². The molecule has 8 heteroatoms. The normalized spacial score (nSPS) is 12.2. The van der Waals surface area contributed by atoms with Crippen molar-refractivity contribution in [3.8, 4) is 5.75 Å². The first kappa shape index (κ1) is 20.9. The maximum absolute atomic E-state index is 13.1. The second kappa shape index (κ2) is 9.13. The van der Waals surface area contributed by atoms with Crippen LogP contribution < -0.4 is 15.2 Å². The van der Waals surface area contributed by atoms with Gasteiger partial charge in [0.15, 0.2) is 0 Å². The van der Waals surface area contributed by atoms with Crippen molar-refractivity contribution in [3.05, 3.63) is 84.4 Å². The van der Waals surface area contributed by atoms with Crippen LogP contribution in [0.25, 0.3) is 0 Å². The van der Waals surface area contributed by atoms with Crippen LogP contribution >= 0.6 is 11.8 Å². The number of nitrogens with two attached hydrogens (primary N) is 1. The average molecular weight is 429 g/mol. The molecule has 3 N–H and O–H groups in total. The summed E-state index contributed by atoms with van der Waals surface area (Å²) in [6.07, 6.45) is 0. The fourth-order valence-electron chi connectivity index (χ4n) is 2.72. The Labute approximate surface area is 174 Å². The zero-order valence-corrected chi connectivity index (χ0v) is 17.2. The number of methoxy groups -OCH3 is 1. The second-order valence-electron chi connectivity index (χ2n) is 6.12. The van der Waals surface area contributed by atoms with Crippen molar-refractivity contribution in [2.45, 2.75) is 15.0 Å². The molecular formula is C21H20N2O4S2. The number of sulfonamides is 1. The third kappa shape index (κ3) is 5.38. The van der Waals surface area contributed by atoms with Crippen LogP contribution in [0.1, 0.15) is 10.8 Å². The van der Waals surface area contributed by atoms with Crippen molar-refractivity contribution >= 4 is 33.4 Å². The molecule has 0 radical (unpaired) electrons. The molecule has 6 nitrogen and oxygen atoms in total. The van der Waals surface area contributed by atoms with Gasteiger partial charge in [-0.05, 0) is 35.9 Å². The maximum Gasteiger partial charge on any atom is 0.242 e. The van der Waals surface area contributed by atoms with E-state index in [-0.39, 0.29) is 16.6 Å². The summed E-state index contributed by atoms with van der Waals surface area (Å²) >= 11 is 1.41. The molecule has 29 heavy (non-hydrogen) atoms. The Morgan fingerprint density at radius 2 is 1.62 bits per heavy atom. The van der Waals surface area contributed by atoms with Gasteiger partial charge in [0.1, 0.15) is 15.9 Å². The summed E-state index contributed by atoms with van der Waals surface area (Å²) in [6, 6.07) is 23.3. The summed E-state index contributed by atoms with van der Waals surface area (Å²) < 4.78 is 28.7. The van der Waals surface area contributed by atoms with Crippen molar-refractivity contribution in [1.82, 2.24) is 0 Å². The molecule has 0 fully saturated rings. The fourth-order valence-corrected chi connectivity index (χ4v) is 4.49. The Balaban J connectivity index is 1.91. The number of carbonyl (C=O) groups is 1. The SMILES string of the molecule is COc1ccc(NC(=O)C(Sc2ccccc2)c2ccccc2)cc1S(N)(=O)=O. The largest absolute Gasteiger partial charge is 0.495 e. The van der Waals surface area contributed by atoms with Crippen LogP contribution in [0.4, 0.5) is 5.69 Å². The maximum atomic E-state index is 13.1. The summed E-state index contributed by atoms with van der Waals surface area (Å²) in [7, 11) is -2.65. The zero-order valence-electron chi connectivity index (χ0n) is 15.6. The molecule has 0 aliphatic carbocycles. The summed E-state index contributed by atoms with van der Waals surface area (Å²) in [5.41, 5.74) is 1.15. The van der Waals surface area contributed by atoms with Crippen molar-refractivity contribution < 1.29 is 17.9 Å². The van der Waals surface area contributed by atoms with Gasteiger partial charge in [-0.15, -0.1) is 11.8 Å². The Kier molecular flexibility index (Phi) is 6.58. The van der Waals surface area contributed by atoms with Crippen LogP contribution in [0.5, 0.6) is 5.75 Å². The van der Waals surface area contributed by atoms with Crippen molar-refractivity contribution in [2.75, 3.05) is 12.4 Å². The first-order valence-electron chi connectivity index (χ1n) is 8.67. The molecule has 0 saturated carbocycles. The van der Waals surface area contributed by atoms with E-state index in [4.69, 9.17) is 9.88 Å². The number of anilines is 1. The first-order valence-corrected chi connectivity index (χ1v) is 11.1. The molecule has 0 heterocycles. The number of benzene rings is 3. The standard InChI is InChI=1S/C21H20N2O4S2/c1-27-18-13-12-16(14-19(18)29(22,25)26)23-21(24)20(15-8-4-2-5-9-15)28-17-10-6-3-7-11-17/h2-14,20H,1H3,(H,23,24)(H2,22,25,26). The minimum Gasteiger partial charge on any atom is -0.495 e. The van der Waals surface area contributed by atoms with Gasteiger partial charge in [0.05, 0.1) is 7.11 Å². The number of hydrogen-bond acceptors (Lipinski definition) is 5. The number of thioether (sulfide) groups is 1. The van der Waals surface area contributed by atoms with E-state index < -0.39 is 15.3 Å². The highest BCUT2D eigenvalue weighted by Crippen LogP contribution is 2.36. The van der Waals surface area contributed by atoms with Gasteiger partial charge < -0.3 is 10.1 Å². The summed E-state index contributed by atoms with van der Waals surface area (Å²) in [5, 5.41) is 7.52. The molecule has 3 aromatic rings. The predicted octanol–water partition coefficient (Wildman–Crippen LogP) is 3.81. The Morgan fingerprint density at radius 3 is 2.21 bits per heavy atom. The highest BCUT2D eigenvalue weighted by molar-refractivity contribution is 8.00. The Hall–Kier alpha value is -2.81. The van der Waals surface area contributed by atoms with E-state index in [2.05, 4.69) is 5.32 Å². The molecule has 0 spiro atoms. The number of hydrogen-bond donors (Lipinski definition) is 2. The number of amides is 1. The van der Waals surface area contributed by atoms with Gasteiger partial charge >= 0.3 is 0 Å². The summed E-state index contributed by atoms with van der Waals surface area (Å²) in [5.74, 6) is -0.167. The van der Waals surface area contributed by atoms with Crippen LogP contribution in [0.2, 0.25) is 0 Å². The van der Waals surface area contributed by atoms with E-state index in [1.165, 1.54) is 31.0 Å². The molecule has 1 atom stereocenters. The smallest absolute Gasteiger partial charge is 0.242 e. The second-order valence-corrected chi connectivity index (χ2v) is 8.83. The van der Waals surface area contributed by atoms with Gasteiger partial charge in [-0.3, -0.25) is 4.79 Å². The minimum absolute atomic E-state index is 0.115. The van der Waals surface area contributed by atoms with Crippen LogP contribution in [0.3, 0.4) is 0 Å². The lowest BCUT2D eigenvalue weighted by Gasteiger charge is -2.18. The van der Waals surface area contributed by atoms with Gasteiger partial charge in [-0.2, -0.15) is 0 Å². The molecule has 1 amide bonds. The third-order valence-electron chi connectivity index (χ3n) is 4.08. The number of rotatable bonds is 7. The van der Waals surface area contributed by atoms with E-state index in [0.717, 1.165) is 10.5 Å². The summed E-state index contributed by atoms with van der Waals surface area (Å²) in [6.45, 7) is 0. The quantitative estimate of drug-likeness (QED) is 0.558. The average Bonchev–Trinajstić information content (AvgIpc) is 2.72. The van der Waals surface area contributed by atoms with E-state index in [9.17, 15) is 13.2 Å². The minimum atomic E-state index is -4.01. The number of nitrogens with one attached hydrogen (secondary N) is 1. The predicted molar refractivity (Wildman–Crippen MR) is 114 cm³/mol. The van der Waals surface area contributed by atoms with Gasteiger partial charge in [0.25, 0.3) is 0 Å².